The van der Waals surface area contributed by atoms with E-state index >= 15 is 0 Å². The minimum atomic E-state index is -2.91. The Morgan fingerprint density at radius 3 is 2.76 bits per heavy atom. The van der Waals surface area contributed by atoms with Gasteiger partial charge in [0.05, 0.1) is 18.6 Å². The van der Waals surface area contributed by atoms with Gasteiger partial charge in [0.15, 0.2) is 22.9 Å². The lowest BCUT2D eigenvalue weighted by Gasteiger charge is -2.22. The summed E-state index contributed by atoms with van der Waals surface area (Å²) in [6.45, 7) is 8.39. The van der Waals surface area contributed by atoms with Crippen LogP contribution in [0.3, 0.4) is 0 Å². The summed E-state index contributed by atoms with van der Waals surface area (Å²) in [5.41, 5.74) is 1.46. The maximum atomic E-state index is 14.3. The summed E-state index contributed by atoms with van der Waals surface area (Å²) >= 11 is 6.74. The van der Waals surface area contributed by atoms with Crippen LogP contribution in [0.5, 0.6) is 11.5 Å². The highest BCUT2D eigenvalue weighted by atomic mass is 35.5. The number of aryl methyl sites for hydroxylation is 2. The molecule has 1 aliphatic rings. The van der Waals surface area contributed by atoms with Crippen LogP contribution >= 0.6 is 11.6 Å². The molecule has 0 saturated carbocycles. The molecule has 0 bridgehead atoms. The van der Waals surface area contributed by atoms with Gasteiger partial charge in [-0.15, -0.1) is 0 Å². The fourth-order valence-electron chi connectivity index (χ4n) is 4.69. The van der Waals surface area contributed by atoms with Crippen molar-refractivity contribution in [2.75, 3.05) is 11.9 Å². The highest BCUT2D eigenvalue weighted by molar-refractivity contribution is 6.76. The molecule has 41 heavy (non-hydrogen) atoms. The Hall–Kier alpha value is -3.62. The van der Waals surface area contributed by atoms with Crippen molar-refractivity contribution in [2.24, 2.45) is 7.05 Å². The number of pyridine rings is 2. The number of halogens is 3. The molecule has 6 heterocycles. The molecule has 0 fully saturated rings. The van der Waals surface area contributed by atoms with Crippen molar-refractivity contribution in [2.45, 2.75) is 57.7 Å². The fourth-order valence-corrected chi connectivity index (χ4v) is 5.75. The first kappa shape index (κ1) is 27.5. The fraction of sp³-hybridized carbons (Fsp3) is 0.423. The van der Waals surface area contributed by atoms with Gasteiger partial charge in [-0.3, -0.25) is 4.68 Å². The first-order chi connectivity index (χ1) is 19.5. The van der Waals surface area contributed by atoms with Gasteiger partial charge in [0.2, 0.25) is 5.95 Å². The average Bonchev–Trinajstić information content (AvgIpc) is 3.59. The molecule has 0 saturated heterocycles. The summed E-state index contributed by atoms with van der Waals surface area (Å²) in [6.07, 6.45) is 4.97. The Morgan fingerprint density at radius 2 is 1.98 bits per heavy atom. The van der Waals surface area contributed by atoms with E-state index in [9.17, 15) is 8.78 Å². The SMILES string of the molecule is Cn1c(Nc2cc3n(n2)CCCC3(F)F)nc2ncc(Oc3cnc4c(cnn4COCC[Si](C)(C)C)c3)c(Cl)c21. The second-order valence-electron chi connectivity index (χ2n) is 11.4. The van der Waals surface area contributed by atoms with Crippen LogP contribution in [0.2, 0.25) is 30.7 Å². The van der Waals surface area contributed by atoms with Crippen LogP contribution in [0.4, 0.5) is 20.5 Å². The van der Waals surface area contributed by atoms with Gasteiger partial charge in [0.25, 0.3) is 5.92 Å². The molecule has 5 aromatic rings. The summed E-state index contributed by atoms with van der Waals surface area (Å²) in [5.74, 6) is -1.51. The number of alkyl halides is 2. The third kappa shape index (κ3) is 5.50. The van der Waals surface area contributed by atoms with Crippen molar-refractivity contribution >= 4 is 53.6 Å². The van der Waals surface area contributed by atoms with Crippen LogP contribution in [-0.4, -0.2) is 53.8 Å². The zero-order valence-electron chi connectivity index (χ0n) is 23.2. The number of anilines is 2. The normalized spacial score (nSPS) is 15.0. The van der Waals surface area contributed by atoms with Crippen LogP contribution < -0.4 is 10.1 Å². The van der Waals surface area contributed by atoms with E-state index in [1.165, 1.54) is 16.9 Å². The summed E-state index contributed by atoms with van der Waals surface area (Å²) < 4.78 is 45.2. The lowest BCUT2D eigenvalue weighted by molar-refractivity contribution is -0.0364. The van der Waals surface area contributed by atoms with Crippen molar-refractivity contribution in [1.82, 2.24) is 39.1 Å². The first-order valence-corrected chi connectivity index (χ1v) is 17.4. The lowest BCUT2D eigenvalue weighted by Crippen LogP contribution is -2.25. The van der Waals surface area contributed by atoms with Gasteiger partial charge < -0.3 is 19.4 Å². The van der Waals surface area contributed by atoms with Gasteiger partial charge in [0, 0.05) is 46.1 Å². The van der Waals surface area contributed by atoms with Gasteiger partial charge >= 0.3 is 0 Å². The van der Waals surface area contributed by atoms with E-state index in [0.29, 0.717) is 65.6 Å². The Balaban J connectivity index is 1.20. The van der Waals surface area contributed by atoms with E-state index < -0.39 is 14.0 Å². The van der Waals surface area contributed by atoms with Gasteiger partial charge in [-0.25, -0.2) is 14.6 Å². The first-order valence-electron chi connectivity index (χ1n) is 13.3. The molecule has 0 aliphatic carbocycles. The van der Waals surface area contributed by atoms with Crippen molar-refractivity contribution in [3.8, 4) is 11.5 Å². The molecule has 216 valence electrons. The number of ether oxygens (including phenoxy) is 2. The number of hydrogen-bond acceptors (Lipinski definition) is 8. The minimum Gasteiger partial charge on any atom is -0.452 e. The standard InChI is InChI=1S/C26H30ClF2N9O2Si/c1-36-22-21(27)18(40-17-10-16-12-32-38(24(16)31-13-17)15-39-8-9-41(2,3)4)14-30-23(22)34-25(36)33-20-11-19-26(28,29)6-5-7-37(19)35-20/h10-14H,5-9,15H2,1-4H3,(H,30,33,34,35). The predicted molar refractivity (Wildman–Crippen MR) is 154 cm³/mol. The van der Waals surface area contributed by atoms with Crippen LogP contribution in [0.1, 0.15) is 18.5 Å². The monoisotopic (exact) mass is 601 g/mol. The Bertz CT molecular complexity index is 1740. The predicted octanol–water partition coefficient (Wildman–Crippen LogP) is 6.30. The van der Waals surface area contributed by atoms with E-state index in [-0.39, 0.29) is 17.9 Å². The topological polar surface area (TPSA) is 110 Å². The molecule has 0 atom stereocenters. The molecule has 6 rings (SSSR count). The molecule has 5 aromatic heterocycles. The van der Waals surface area contributed by atoms with Crippen molar-refractivity contribution in [3.63, 3.8) is 0 Å². The molecule has 0 aromatic carbocycles. The summed E-state index contributed by atoms with van der Waals surface area (Å²) in [7, 11) is 0.576. The number of rotatable bonds is 9. The quantitative estimate of drug-likeness (QED) is 0.155. The van der Waals surface area contributed by atoms with E-state index in [1.54, 1.807) is 28.7 Å². The molecule has 1 aliphatic heterocycles. The molecule has 1 N–H and O–H groups in total. The summed E-state index contributed by atoms with van der Waals surface area (Å²) in [4.78, 5) is 13.4. The molecule has 0 spiro atoms. The molecule has 15 heteroatoms. The lowest BCUT2D eigenvalue weighted by atomic mass is 10.1. The number of hydrogen-bond donors (Lipinski definition) is 1. The van der Waals surface area contributed by atoms with Crippen molar-refractivity contribution in [1.29, 1.82) is 0 Å². The third-order valence-corrected chi connectivity index (χ3v) is 9.02. The van der Waals surface area contributed by atoms with Crippen LogP contribution in [0.15, 0.2) is 30.7 Å². The second-order valence-corrected chi connectivity index (χ2v) is 17.4. The minimum absolute atomic E-state index is 0.109. The van der Waals surface area contributed by atoms with Crippen LogP contribution in [0, 0.1) is 0 Å². The molecular weight excluding hydrogens is 572 g/mol. The van der Waals surface area contributed by atoms with Crippen molar-refractivity contribution in [3.05, 3.63) is 41.4 Å². The molecule has 0 radical (unpaired) electrons. The number of fused-ring (bicyclic) bond motifs is 3. The highest BCUT2D eigenvalue weighted by Gasteiger charge is 2.38. The number of imidazole rings is 1. The molecule has 11 nitrogen and oxygen atoms in total. The zero-order valence-corrected chi connectivity index (χ0v) is 24.9. The second kappa shape index (κ2) is 10.3. The highest BCUT2D eigenvalue weighted by Crippen LogP contribution is 2.39. The van der Waals surface area contributed by atoms with E-state index in [4.69, 9.17) is 21.1 Å². The van der Waals surface area contributed by atoms with Gasteiger partial charge in [0.1, 0.15) is 28.7 Å². The summed E-state index contributed by atoms with van der Waals surface area (Å²) in [5, 5.41) is 12.8. The number of nitrogens with zero attached hydrogens (tertiary/aromatic N) is 8. The van der Waals surface area contributed by atoms with Crippen LogP contribution in [-0.2, 0) is 31.0 Å². The molecule has 0 amide bonds. The van der Waals surface area contributed by atoms with Crippen LogP contribution in [0.25, 0.3) is 22.2 Å². The maximum absolute atomic E-state index is 14.3. The average molecular weight is 602 g/mol. The largest absolute Gasteiger partial charge is 0.452 e. The summed E-state index contributed by atoms with van der Waals surface area (Å²) in [6, 6.07) is 4.25. The van der Waals surface area contributed by atoms with Gasteiger partial charge in [-0.2, -0.15) is 24.0 Å². The zero-order chi connectivity index (χ0) is 28.9. The third-order valence-electron chi connectivity index (χ3n) is 6.95. The molecular formula is C26H30ClF2N9O2Si. The number of aromatic nitrogens is 8. The van der Waals surface area contributed by atoms with E-state index in [2.05, 4.69) is 50.1 Å². The Labute approximate surface area is 240 Å². The number of nitrogens with one attached hydrogen (secondary N) is 1. The van der Waals surface area contributed by atoms with Crippen molar-refractivity contribution < 1.29 is 18.3 Å². The maximum Gasteiger partial charge on any atom is 0.289 e. The van der Waals surface area contributed by atoms with Gasteiger partial charge in [-0.1, -0.05) is 31.2 Å². The Morgan fingerprint density at radius 1 is 1.15 bits per heavy atom. The molecule has 0 unspecified atom stereocenters. The van der Waals surface area contributed by atoms with E-state index in [1.807, 2.05) is 6.07 Å². The Kier molecular flexibility index (Phi) is 6.94. The van der Waals surface area contributed by atoms with E-state index in [0.717, 1.165) is 11.4 Å². The van der Waals surface area contributed by atoms with Gasteiger partial charge in [-0.05, 0) is 18.5 Å². The smallest absolute Gasteiger partial charge is 0.289 e.